The van der Waals surface area contributed by atoms with Crippen molar-refractivity contribution in [3.63, 3.8) is 0 Å². The minimum Gasteiger partial charge on any atom is -0.319 e. The Hall–Kier alpha value is -0.650. The van der Waals surface area contributed by atoms with E-state index in [4.69, 9.17) is 0 Å². The van der Waals surface area contributed by atoms with Gasteiger partial charge in [0.25, 0.3) is 0 Å². The van der Waals surface area contributed by atoms with Gasteiger partial charge in [-0.3, -0.25) is 4.90 Å². The SMILES string of the molecule is CNCC1CCN(Cc2cn(C(C)(C)C)nn2)CC1.Cl. The molecule has 1 N–H and O–H groups in total. The van der Waals surface area contributed by atoms with E-state index >= 15 is 0 Å². The lowest BCUT2D eigenvalue weighted by Gasteiger charge is -2.31. The molecule has 1 aliphatic rings. The van der Waals surface area contributed by atoms with Gasteiger partial charge in [0.15, 0.2) is 0 Å². The van der Waals surface area contributed by atoms with Crippen LogP contribution in [0.1, 0.15) is 39.3 Å². The Bertz CT molecular complexity index is 391. The summed E-state index contributed by atoms with van der Waals surface area (Å²) >= 11 is 0. The van der Waals surface area contributed by atoms with Gasteiger partial charge in [0, 0.05) is 6.54 Å². The largest absolute Gasteiger partial charge is 0.319 e. The molecule has 2 heterocycles. The molecule has 0 saturated carbocycles. The highest BCUT2D eigenvalue weighted by molar-refractivity contribution is 5.85. The van der Waals surface area contributed by atoms with E-state index in [1.54, 1.807) is 0 Å². The molecular formula is C14H28ClN5. The van der Waals surface area contributed by atoms with Crippen molar-refractivity contribution >= 4 is 12.4 Å². The molecule has 6 heteroatoms. The monoisotopic (exact) mass is 301 g/mol. The zero-order valence-corrected chi connectivity index (χ0v) is 13.9. The molecule has 0 radical (unpaired) electrons. The van der Waals surface area contributed by atoms with Crippen LogP contribution in [0.5, 0.6) is 0 Å². The number of hydrogen-bond donors (Lipinski definition) is 1. The van der Waals surface area contributed by atoms with E-state index in [1.165, 1.54) is 25.9 Å². The molecule has 0 aliphatic carbocycles. The van der Waals surface area contributed by atoms with Gasteiger partial charge in [-0.2, -0.15) is 0 Å². The first-order valence-electron chi connectivity index (χ1n) is 7.27. The van der Waals surface area contributed by atoms with Crippen molar-refractivity contribution in [1.82, 2.24) is 25.2 Å². The average Bonchev–Trinajstić information content (AvgIpc) is 2.80. The molecule has 20 heavy (non-hydrogen) atoms. The van der Waals surface area contributed by atoms with Gasteiger partial charge in [-0.25, -0.2) is 4.68 Å². The molecule has 1 fully saturated rings. The van der Waals surface area contributed by atoms with E-state index in [9.17, 15) is 0 Å². The fraction of sp³-hybridized carbons (Fsp3) is 0.857. The molecule has 0 spiro atoms. The van der Waals surface area contributed by atoms with Crippen molar-refractivity contribution in [2.45, 2.75) is 45.7 Å². The van der Waals surface area contributed by atoms with Crippen LogP contribution in [-0.4, -0.2) is 46.6 Å². The minimum absolute atomic E-state index is 0. The van der Waals surface area contributed by atoms with E-state index in [0.717, 1.165) is 24.7 Å². The summed E-state index contributed by atoms with van der Waals surface area (Å²) in [7, 11) is 2.04. The molecule has 1 saturated heterocycles. The van der Waals surface area contributed by atoms with Crippen LogP contribution in [0.25, 0.3) is 0 Å². The predicted molar refractivity (Wildman–Crippen MR) is 84.2 cm³/mol. The zero-order valence-electron chi connectivity index (χ0n) is 13.1. The Morgan fingerprint density at radius 2 is 1.95 bits per heavy atom. The normalized spacial score (nSPS) is 18.0. The van der Waals surface area contributed by atoms with Crippen molar-refractivity contribution in [3.05, 3.63) is 11.9 Å². The fourth-order valence-electron chi connectivity index (χ4n) is 2.57. The molecular weight excluding hydrogens is 274 g/mol. The third-order valence-corrected chi connectivity index (χ3v) is 3.81. The molecule has 0 atom stereocenters. The van der Waals surface area contributed by atoms with Gasteiger partial charge < -0.3 is 5.32 Å². The quantitative estimate of drug-likeness (QED) is 0.922. The van der Waals surface area contributed by atoms with Gasteiger partial charge in [-0.05, 0) is 66.2 Å². The smallest absolute Gasteiger partial charge is 0.0967 e. The van der Waals surface area contributed by atoms with Crippen LogP contribution in [0, 0.1) is 5.92 Å². The third-order valence-electron chi connectivity index (χ3n) is 3.81. The lowest BCUT2D eigenvalue weighted by atomic mass is 9.97. The van der Waals surface area contributed by atoms with E-state index in [0.29, 0.717) is 0 Å². The van der Waals surface area contributed by atoms with Crippen molar-refractivity contribution in [1.29, 1.82) is 0 Å². The van der Waals surface area contributed by atoms with E-state index in [2.05, 4.69) is 47.5 Å². The molecule has 0 aromatic carbocycles. The topological polar surface area (TPSA) is 46.0 Å². The number of nitrogens with one attached hydrogen (secondary N) is 1. The van der Waals surface area contributed by atoms with Crippen molar-refractivity contribution in [2.24, 2.45) is 5.92 Å². The summed E-state index contributed by atoms with van der Waals surface area (Å²) in [4.78, 5) is 2.49. The third kappa shape index (κ3) is 4.72. The first-order valence-corrected chi connectivity index (χ1v) is 7.27. The minimum atomic E-state index is 0. The van der Waals surface area contributed by atoms with Gasteiger partial charge in [-0.1, -0.05) is 5.21 Å². The van der Waals surface area contributed by atoms with Gasteiger partial charge in [0.05, 0.1) is 17.4 Å². The van der Waals surface area contributed by atoms with Crippen LogP contribution in [0.15, 0.2) is 6.20 Å². The number of piperidine rings is 1. The van der Waals surface area contributed by atoms with E-state index in [-0.39, 0.29) is 17.9 Å². The average molecular weight is 302 g/mol. The highest BCUT2D eigenvalue weighted by Crippen LogP contribution is 2.18. The molecule has 116 valence electrons. The van der Waals surface area contributed by atoms with Crippen molar-refractivity contribution in [2.75, 3.05) is 26.7 Å². The summed E-state index contributed by atoms with van der Waals surface area (Å²) in [6.07, 6.45) is 4.65. The maximum Gasteiger partial charge on any atom is 0.0967 e. The molecule has 2 rings (SSSR count). The summed E-state index contributed by atoms with van der Waals surface area (Å²) in [5.74, 6) is 0.839. The van der Waals surface area contributed by atoms with Gasteiger partial charge in [0.1, 0.15) is 0 Å². The molecule has 1 aromatic rings. The Kier molecular flexibility index (Phi) is 6.43. The summed E-state index contributed by atoms with van der Waals surface area (Å²) in [6.45, 7) is 10.9. The van der Waals surface area contributed by atoms with Crippen LogP contribution in [0.4, 0.5) is 0 Å². The van der Waals surface area contributed by atoms with Crippen LogP contribution >= 0.6 is 12.4 Å². The zero-order chi connectivity index (χ0) is 13.9. The molecule has 0 bridgehead atoms. The van der Waals surface area contributed by atoms with Gasteiger partial charge in [-0.15, -0.1) is 17.5 Å². The van der Waals surface area contributed by atoms with Crippen molar-refractivity contribution < 1.29 is 0 Å². The van der Waals surface area contributed by atoms with Crippen LogP contribution < -0.4 is 5.32 Å². The molecule has 0 unspecified atom stereocenters. The van der Waals surface area contributed by atoms with Crippen molar-refractivity contribution in [3.8, 4) is 0 Å². The van der Waals surface area contributed by atoms with Crippen LogP contribution in [-0.2, 0) is 12.1 Å². The molecule has 1 aromatic heterocycles. The summed E-state index contributed by atoms with van der Waals surface area (Å²) in [6, 6.07) is 0. The number of halogens is 1. The number of hydrogen-bond acceptors (Lipinski definition) is 4. The first kappa shape index (κ1) is 17.4. The molecule has 1 aliphatic heterocycles. The predicted octanol–water partition coefficient (Wildman–Crippen LogP) is 1.89. The number of likely N-dealkylation sites (tertiary alicyclic amines) is 1. The molecule has 5 nitrogen and oxygen atoms in total. The van der Waals surface area contributed by atoms with Gasteiger partial charge >= 0.3 is 0 Å². The highest BCUT2D eigenvalue weighted by Gasteiger charge is 2.20. The standard InChI is InChI=1S/C14H27N5.ClH/c1-14(2,3)19-11-13(16-17-19)10-18-7-5-12(6-8-18)9-15-4;/h11-12,15H,5-10H2,1-4H3;1H. The second kappa shape index (κ2) is 7.38. The number of aromatic nitrogens is 3. The summed E-state index contributed by atoms with van der Waals surface area (Å²) < 4.78 is 1.95. The van der Waals surface area contributed by atoms with Gasteiger partial charge in [0.2, 0.25) is 0 Å². The summed E-state index contributed by atoms with van der Waals surface area (Å²) in [5, 5.41) is 11.8. The Balaban J connectivity index is 0.00000200. The lowest BCUT2D eigenvalue weighted by molar-refractivity contribution is 0.175. The number of rotatable bonds is 4. The van der Waals surface area contributed by atoms with E-state index < -0.39 is 0 Å². The first-order chi connectivity index (χ1) is 8.99. The maximum absolute atomic E-state index is 4.29. The van der Waals surface area contributed by atoms with Crippen LogP contribution in [0.3, 0.4) is 0 Å². The van der Waals surface area contributed by atoms with Crippen LogP contribution in [0.2, 0.25) is 0 Å². The highest BCUT2D eigenvalue weighted by atomic mass is 35.5. The number of nitrogens with zero attached hydrogens (tertiary/aromatic N) is 4. The Labute approximate surface area is 128 Å². The second-order valence-corrected chi connectivity index (χ2v) is 6.60. The lowest BCUT2D eigenvalue weighted by Crippen LogP contribution is -2.36. The fourth-order valence-corrected chi connectivity index (χ4v) is 2.57. The maximum atomic E-state index is 4.29. The Morgan fingerprint density at radius 3 is 2.45 bits per heavy atom. The molecule has 0 amide bonds. The second-order valence-electron chi connectivity index (χ2n) is 6.60. The summed E-state index contributed by atoms with van der Waals surface area (Å²) in [5.41, 5.74) is 1.10. The Morgan fingerprint density at radius 1 is 1.30 bits per heavy atom. The van der Waals surface area contributed by atoms with E-state index in [1.807, 2.05) is 11.7 Å².